The fourth-order valence-corrected chi connectivity index (χ4v) is 2.77. The van der Waals surface area contributed by atoms with E-state index in [0.29, 0.717) is 31.2 Å². The minimum Gasteiger partial charge on any atom is -0.382 e. The Balaban J connectivity index is 1.88. The van der Waals surface area contributed by atoms with Gasteiger partial charge in [-0.25, -0.2) is 9.38 Å². The molecule has 1 aromatic rings. The van der Waals surface area contributed by atoms with Crippen LogP contribution >= 0.6 is 0 Å². The van der Waals surface area contributed by atoms with Crippen molar-refractivity contribution >= 4 is 5.96 Å². The normalized spacial score (nSPS) is 18.2. The van der Waals surface area contributed by atoms with Crippen LogP contribution in [0.25, 0.3) is 0 Å². The molecule has 24 heavy (non-hydrogen) atoms. The van der Waals surface area contributed by atoms with Crippen LogP contribution < -0.4 is 5.32 Å². The summed E-state index contributed by atoms with van der Waals surface area (Å²) in [4.78, 5) is 6.83. The number of benzene rings is 1. The third-order valence-electron chi connectivity index (χ3n) is 4.06. The first-order chi connectivity index (χ1) is 11.7. The molecule has 1 aliphatic heterocycles. The lowest BCUT2D eigenvalue weighted by atomic mass is 10.1. The van der Waals surface area contributed by atoms with Gasteiger partial charge >= 0.3 is 0 Å². The third-order valence-corrected chi connectivity index (χ3v) is 4.06. The monoisotopic (exact) mass is 337 g/mol. The summed E-state index contributed by atoms with van der Waals surface area (Å²) in [7, 11) is 1.68. The predicted molar refractivity (Wildman–Crippen MR) is 93.6 cm³/mol. The summed E-state index contributed by atoms with van der Waals surface area (Å²) in [6.07, 6.45) is 1.08. The van der Waals surface area contributed by atoms with Crippen molar-refractivity contribution in [2.75, 3.05) is 46.6 Å². The summed E-state index contributed by atoms with van der Waals surface area (Å²) in [6, 6.07) is 6.78. The van der Waals surface area contributed by atoms with Crippen LogP contribution in [0, 0.1) is 11.7 Å². The summed E-state index contributed by atoms with van der Waals surface area (Å²) in [5, 5.41) is 3.30. The third kappa shape index (κ3) is 5.76. The summed E-state index contributed by atoms with van der Waals surface area (Å²) >= 11 is 0. The smallest absolute Gasteiger partial charge is 0.194 e. The molecule has 0 spiro atoms. The van der Waals surface area contributed by atoms with Crippen molar-refractivity contribution < 1.29 is 13.9 Å². The van der Waals surface area contributed by atoms with Gasteiger partial charge in [0.1, 0.15) is 5.82 Å². The molecule has 0 aliphatic carbocycles. The minimum atomic E-state index is -0.206. The number of hydrogen-bond donors (Lipinski definition) is 1. The zero-order chi connectivity index (χ0) is 17.2. The zero-order valence-electron chi connectivity index (χ0n) is 14.6. The van der Waals surface area contributed by atoms with Gasteiger partial charge in [0.15, 0.2) is 5.96 Å². The van der Waals surface area contributed by atoms with E-state index in [1.165, 1.54) is 6.07 Å². The maximum absolute atomic E-state index is 13.7. The summed E-state index contributed by atoms with van der Waals surface area (Å²) < 4.78 is 24.4. The van der Waals surface area contributed by atoms with E-state index < -0.39 is 0 Å². The first-order valence-corrected chi connectivity index (χ1v) is 8.58. The number of nitrogens with zero attached hydrogens (tertiary/aromatic N) is 2. The van der Waals surface area contributed by atoms with Gasteiger partial charge in [0, 0.05) is 38.2 Å². The molecule has 0 saturated carbocycles. The highest BCUT2D eigenvalue weighted by Gasteiger charge is 2.25. The highest BCUT2D eigenvalue weighted by atomic mass is 19.1. The van der Waals surface area contributed by atoms with Gasteiger partial charge in [-0.05, 0) is 19.4 Å². The molecule has 1 unspecified atom stereocenters. The lowest BCUT2D eigenvalue weighted by molar-refractivity contribution is 0.0536. The molecule has 6 heteroatoms. The average Bonchev–Trinajstić information content (AvgIpc) is 3.05. The maximum atomic E-state index is 13.7. The van der Waals surface area contributed by atoms with Gasteiger partial charge in [-0.2, -0.15) is 0 Å². The van der Waals surface area contributed by atoms with E-state index in [9.17, 15) is 4.39 Å². The van der Waals surface area contributed by atoms with E-state index >= 15 is 0 Å². The molecule has 134 valence electrons. The van der Waals surface area contributed by atoms with Crippen LogP contribution in [-0.2, 0) is 16.0 Å². The van der Waals surface area contributed by atoms with Crippen LogP contribution in [0.3, 0.4) is 0 Å². The zero-order valence-corrected chi connectivity index (χ0v) is 14.6. The first kappa shape index (κ1) is 18.7. The van der Waals surface area contributed by atoms with Crippen LogP contribution in [0.2, 0.25) is 0 Å². The summed E-state index contributed by atoms with van der Waals surface area (Å²) in [5.41, 5.74) is 0.617. The minimum absolute atomic E-state index is 0.206. The van der Waals surface area contributed by atoms with E-state index in [2.05, 4.69) is 15.2 Å². The fraction of sp³-hybridized carbons (Fsp3) is 0.611. The number of aliphatic imine (C=N–C) groups is 1. The number of nitrogens with one attached hydrogen (secondary N) is 1. The Morgan fingerprint density at radius 3 is 2.96 bits per heavy atom. The topological polar surface area (TPSA) is 46.1 Å². The lowest BCUT2D eigenvalue weighted by Crippen LogP contribution is -2.40. The molecule has 1 aliphatic rings. The van der Waals surface area contributed by atoms with Crippen LogP contribution in [-0.4, -0.2) is 57.4 Å². The molecule has 1 aromatic carbocycles. The summed E-state index contributed by atoms with van der Waals surface area (Å²) in [6.45, 7) is 7.05. The van der Waals surface area contributed by atoms with Gasteiger partial charge in [0.05, 0.1) is 26.4 Å². The van der Waals surface area contributed by atoms with E-state index in [-0.39, 0.29) is 5.82 Å². The number of hydrogen-bond acceptors (Lipinski definition) is 3. The Hall–Kier alpha value is -1.66. The average molecular weight is 337 g/mol. The van der Waals surface area contributed by atoms with Crippen LogP contribution in [0.1, 0.15) is 18.9 Å². The second-order valence-electron chi connectivity index (χ2n) is 5.93. The Bertz CT molecular complexity index is 525. The number of methoxy groups -OCH3 is 1. The van der Waals surface area contributed by atoms with Crippen molar-refractivity contribution in [3.05, 3.63) is 35.6 Å². The number of rotatable bonds is 8. The van der Waals surface area contributed by atoms with Gasteiger partial charge < -0.3 is 19.7 Å². The second kappa shape index (κ2) is 10.3. The SMILES string of the molecule is CCNC(=NCc1ccccc1F)N1CCC(COCCOC)C1. The summed E-state index contributed by atoms with van der Waals surface area (Å²) in [5.74, 6) is 1.14. The van der Waals surface area contributed by atoms with Crippen molar-refractivity contribution in [2.45, 2.75) is 19.9 Å². The predicted octanol–water partition coefficient (Wildman–Crippen LogP) is 2.28. The Morgan fingerprint density at radius 1 is 1.38 bits per heavy atom. The van der Waals surface area contributed by atoms with Gasteiger partial charge in [-0.1, -0.05) is 18.2 Å². The second-order valence-corrected chi connectivity index (χ2v) is 5.93. The first-order valence-electron chi connectivity index (χ1n) is 8.58. The van der Waals surface area contributed by atoms with Crippen molar-refractivity contribution in [1.82, 2.24) is 10.2 Å². The molecule has 1 heterocycles. The molecule has 1 fully saturated rings. The standard InChI is InChI=1S/C18H28FN3O2/c1-3-20-18(21-12-16-6-4-5-7-17(16)19)22-9-8-15(13-22)14-24-11-10-23-2/h4-7,15H,3,8-14H2,1-2H3,(H,20,21). The van der Waals surface area contributed by atoms with Crippen LogP contribution in [0.15, 0.2) is 29.3 Å². The molecular weight excluding hydrogens is 309 g/mol. The molecule has 2 rings (SSSR count). The molecule has 0 amide bonds. The molecule has 0 aromatic heterocycles. The van der Waals surface area contributed by atoms with Gasteiger partial charge in [0.25, 0.3) is 0 Å². The molecule has 5 nitrogen and oxygen atoms in total. The number of halogens is 1. The van der Waals surface area contributed by atoms with E-state index in [0.717, 1.165) is 38.6 Å². The van der Waals surface area contributed by atoms with Crippen LogP contribution in [0.5, 0.6) is 0 Å². The van der Waals surface area contributed by atoms with E-state index in [1.807, 2.05) is 13.0 Å². The number of guanidine groups is 1. The molecule has 1 N–H and O–H groups in total. The Kier molecular flexibility index (Phi) is 7.98. The van der Waals surface area contributed by atoms with Gasteiger partial charge in [-0.15, -0.1) is 0 Å². The quantitative estimate of drug-likeness (QED) is 0.449. The van der Waals surface area contributed by atoms with Crippen molar-refractivity contribution in [1.29, 1.82) is 0 Å². The highest BCUT2D eigenvalue weighted by molar-refractivity contribution is 5.80. The largest absolute Gasteiger partial charge is 0.382 e. The Morgan fingerprint density at radius 2 is 2.21 bits per heavy atom. The number of likely N-dealkylation sites (tertiary alicyclic amines) is 1. The molecule has 1 saturated heterocycles. The van der Waals surface area contributed by atoms with E-state index in [1.54, 1.807) is 19.2 Å². The maximum Gasteiger partial charge on any atom is 0.194 e. The van der Waals surface area contributed by atoms with Crippen molar-refractivity contribution in [3.8, 4) is 0 Å². The fourth-order valence-electron chi connectivity index (χ4n) is 2.77. The molecule has 0 radical (unpaired) electrons. The van der Waals surface area contributed by atoms with Gasteiger partial charge in [-0.3, -0.25) is 0 Å². The van der Waals surface area contributed by atoms with Crippen molar-refractivity contribution in [2.24, 2.45) is 10.9 Å². The number of ether oxygens (including phenoxy) is 2. The molecular formula is C18H28FN3O2. The highest BCUT2D eigenvalue weighted by Crippen LogP contribution is 2.17. The Labute approximate surface area is 143 Å². The lowest BCUT2D eigenvalue weighted by Gasteiger charge is -2.21. The molecule has 0 bridgehead atoms. The van der Waals surface area contributed by atoms with Crippen molar-refractivity contribution in [3.63, 3.8) is 0 Å². The molecule has 1 atom stereocenters. The van der Waals surface area contributed by atoms with Gasteiger partial charge in [0.2, 0.25) is 0 Å². The van der Waals surface area contributed by atoms with Crippen LogP contribution in [0.4, 0.5) is 4.39 Å². The van der Waals surface area contributed by atoms with E-state index in [4.69, 9.17) is 9.47 Å².